The zero-order valence-electron chi connectivity index (χ0n) is 66.4. The van der Waals surface area contributed by atoms with Gasteiger partial charge in [-0.2, -0.15) is 0 Å². The molecule has 0 saturated carbocycles. The Morgan fingerprint density at radius 3 is 1.32 bits per heavy atom. The summed E-state index contributed by atoms with van der Waals surface area (Å²) in [7, 11) is 0. The minimum atomic E-state index is -1.93. The molecule has 2 heterocycles. The molecule has 634 valence electrons. The molecule has 38 nitrogen and oxygen atoms in total. The van der Waals surface area contributed by atoms with E-state index in [-0.39, 0.29) is 165 Å². The van der Waals surface area contributed by atoms with Crippen LogP contribution in [0.2, 0.25) is 0 Å². The van der Waals surface area contributed by atoms with E-state index in [2.05, 4.69) is 73.8 Å². The Hall–Kier alpha value is -10.8. The molecular weight excluding hydrogens is 1480 g/mol. The second-order valence-corrected chi connectivity index (χ2v) is 29.8. The number of benzene rings is 2. The molecule has 4 rings (SSSR count). The fraction of sp³-hybridized carbons (Fsp3) is 0.632. The average Bonchev–Trinajstić information content (AvgIpc) is 1.63. The molecule has 114 heavy (non-hydrogen) atoms. The van der Waals surface area contributed by atoms with Crippen molar-refractivity contribution in [2.45, 2.75) is 242 Å². The number of unbranched alkanes of at least 4 members (excludes halogenated alkanes) is 2. The lowest BCUT2D eigenvalue weighted by molar-refractivity contribution is -0.143. The van der Waals surface area contributed by atoms with Crippen LogP contribution in [0, 0.1) is 17.8 Å². The summed E-state index contributed by atoms with van der Waals surface area (Å²) in [5.41, 5.74) is 41.3. The molecular formula is C76H124N22O16. The molecule has 38 heteroatoms. The van der Waals surface area contributed by atoms with Crippen molar-refractivity contribution in [1.82, 2.24) is 68.7 Å². The van der Waals surface area contributed by atoms with E-state index in [1.165, 1.54) is 29.2 Å². The molecule has 2 saturated heterocycles. The molecule has 2 aromatic rings. The first kappa shape index (κ1) is 95.6. The summed E-state index contributed by atoms with van der Waals surface area (Å²) in [6.07, 6.45) is 0.336. The van der Waals surface area contributed by atoms with Gasteiger partial charge in [-0.05, 0) is 163 Å². The van der Waals surface area contributed by atoms with E-state index in [9.17, 15) is 72.5 Å². The summed E-state index contributed by atoms with van der Waals surface area (Å²) < 4.78 is 0. The van der Waals surface area contributed by atoms with Crippen LogP contribution in [0.1, 0.15) is 168 Å². The Labute approximate surface area is 665 Å². The lowest BCUT2D eigenvalue weighted by Crippen LogP contribution is -2.61. The summed E-state index contributed by atoms with van der Waals surface area (Å²) in [6, 6.07) is -3.70. The number of rotatable bonds is 31. The van der Waals surface area contributed by atoms with Gasteiger partial charge in [0, 0.05) is 32.5 Å². The monoisotopic (exact) mass is 1600 g/mol. The number of aliphatic carboxylic acids is 1. The lowest BCUT2D eigenvalue weighted by Gasteiger charge is -2.32. The normalized spacial score (nSPS) is 24.0. The maximum Gasteiger partial charge on any atom is 0.305 e. The fourth-order valence-corrected chi connectivity index (χ4v) is 13.0. The maximum atomic E-state index is 15.2. The quantitative estimate of drug-likeness (QED) is 0.0197. The Bertz CT molecular complexity index is 3560. The van der Waals surface area contributed by atoms with Crippen molar-refractivity contribution in [2.24, 2.45) is 67.9 Å². The van der Waals surface area contributed by atoms with Crippen molar-refractivity contribution < 1.29 is 77.3 Å². The zero-order chi connectivity index (χ0) is 84.6. The number of carbonyl (C=O) groups is 14. The molecule has 0 aromatic heterocycles. The van der Waals surface area contributed by atoms with Crippen LogP contribution in [0.4, 0.5) is 0 Å². The van der Waals surface area contributed by atoms with Crippen LogP contribution in [-0.4, -0.2) is 228 Å². The molecule has 2 aliphatic rings. The first-order valence-electron chi connectivity index (χ1n) is 39.3. The number of fused-ring (bicyclic) bond motifs is 1. The largest absolute Gasteiger partial charge is 0.508 e. The van der Waals surface area contributed by atoms with E-state index in [0.717, 1.165) is 0 Å². The first-order valence-corrected chi connectivity index (χ1v) is 39.3. The van der Waals surface area contributed by atoms with E-state index in [1.54, 1.807) is 71.9 Å². The third-order valence-corrected chi connectivity index (χ3v) is 19.3. The third kappa shape index (κ3) is 34.3. The van der Waals surface area contributed by atoms with Gasteiger partial charge in [-0.3, -0.25) is 77.1 Å². The van der Waals surface area contributed by atoms with Crippen LogP contribution < -0.4 is 104 Å². The van der Waals surface area contributed by atoms with E-state index < -0.39 is 174 Å². The van der Waals surface area contributed by atoms with Crippen LogP contribution in [-0.2, 0) is 80.0 Å². The number of amides is 13. The predicted molar refractivity (Wildman–Crippen MR) is 425 cm³/mol. The molecule has 2 aromatic carbocycles. The number of nitrogens with two attached hydrogens (primary N) is 7. The Balaban J connectivity index is 1.94. The van der Waals surface area contributed by atoms with Crippen LogP contribution >= 0.6 is 0 Å². The van der Waals surface area contributed by atoms with Gasteiger partial charge >= 0.3 is 5.97 Å². The number of aromatic hydroxyl groups is 1. The number of hydrogen-bond acceptors (Lipinski definition) is 20. The van der Waals surface area contributed by atoms with Crippen molar-refractivity contribution in [2.75, 3.05) is 45.8 Å². The van der Waals surface area contributed by atoms with Crippen molar-refractivity contribution in [3.8, 4) is 5.75 Å². The molecule has 2 aliphatic heterocycles. The average molecular weight is 1600 g/mol. The molecule has 0 unspecified atom stereocenters. The number of guanidine groups is 2. The number of phenols is 1. The number of aliphatic imine (C=N–C) groups is 2. The SMILES string of the molecule is CC[C@H](C)[C@@H]1NC(=O)[C@H](CCCN=C(N)N)NC(=O)[C@H](CCCN)NC(=O)[C@H](CC(C)C)NC(=O)[C@H](Cc2ccccc2)NC(=O)[C@@H](CC(=O)O)NC(=O)CNC(=O)[C@H](Cc2ccc(O)cc2)NC(=O)[C@H](CCCCN)NC(=O)[C@H](CC(C)C)NC(=O)[C@H](CCCCN)NC(=O)[C@@H]2CCCN2C(=O)[C@H](CCCN=C(N)N)NC1=O. The van der Waals surface area contributed by atoms with Gasteiger partial charge in [0.05, 0.1) is 13.0 Å². The van der Waals surface area contributed by atoms with E-state index in [1.807, 2.05) is 0 Å². The smallest absolute Gasteiger partial charge is 0.305 e. The summed E-state index contributed by atoms with van der Waals surface area (Å²) >= 11 is 0. The highest BCUT2D eigenvalue weighted by atomic mass is 16.4. The van der Waals surface area contributed by atoms with Crippen molar-refractivity contribution >= 4 is 94.7 Å². The minimum Gasteiger partial charge on any atom is -0.508 e. The number of nitrogens with zero attached hydrogens (tertiary/aromatic N) is 3. The van der Waals surface area contributed by atoms with Gasteiger partial charge in [0.25, 0.3) is 0 Å². The summed E-state index contributed by atoms with van der Waals surface area (Å²) in [5.74, 6) is -15.2. The van der Waals surface area contributed by atoms with Gasteiger partial charge in [-0.15, -0.1) is 0 Å². The molecule has 2 fully saturated rings. The molecule has 0 aliphatic carbocycles. The number of carbonyl (C=O) groups excluding carboxylic acids is 13. The first-order chi connectivity index (χ1) is 54.2. The molecule has 0 radical (unpaired) electrons. The van der Waals surface area contributed by atoms with Crippen LogP contribution in [0.15, 0.2) is 64.6 Å². The number of phenolic OH excluding ortho intramolecular Hbond substituents is 1. The maximum absolute atomic E-state index is 15.2. The molecule has 13 atom stereocenters. The van der Waals surface area contributed by atoms with Gasteiger partial charge in [0.1, 0.15) is 78.3 Å². The number of carboxylic acids is 1. The van der Waals surface area contributed by atoms with Crippen molar-refractivity contribution in [1.29, 1.82) is 0 Å². The zero-order valence-corrected chi connectivity index (χ0v) is 66.4. The molecule has 0 spiro atoms. The highest BCUT2D eigenvalue weighted by Gasteiger charge is 2.42. The summed E-state index contributed by atoms with van der Waals surface area (Å²) in [6.45, 7) is 9.99. The van der Waals surface area contributed by atoms with Gasteiger partial charge in [-0.25, -0.2) is 0 Å². The van der Waals surface area contributed by atoms with Gasteiger partial charge in [0.15, 0.2) is 11.9 Å². The van der Waals surface area contributed by atoms with E-state index in [0.29, 0.717) is 36.8 Å². The summed E-state index contributed by atoms with van der Waals surface area (Å²) in [5, 5.41) is 52.3. The van der Waals surface area contributed by atoms with Gasteiger partial charge in [0.2, 0.25) is 76.8 Å². The highest BCUT2D eigenvalue weighted by Crippen LogP contribution is 2.23. The van der Waals surface area contributed by atoms with Crippen molar-refractivity contribution in [3.05, 3.63) is 65.7 Å². The predicted octanol–water partition coefficient (Wildman–Crippen LogP) is -3.65. The summed E-state index contributed by atoms with van der Waals surface area (Å²) in [4.78, 5) is 213. The Kier molecular flexibility index (Phi) is 42.2. The number of nitrogens with one attached hydrogen (secondary N) is 12. The van der Waals surface area contributed by atoms with Crippen LogP contribution in [0.25, 0.3) is 0 Å². The molecule has 28 N–H and O–H groups in total. The second-order valence-electron chi connectivity index (χ2n) is 29.8. The molecule has 13 amide bonds. The van der Waals surface area contributed by atoms with E-state index in [4.69, 9.17) is 40.1 Å². The number of carboxylic acid groups (broad SMARTS) is 1. The third-order valence-electron chi connectivity index (χ3n) is 19.3. The Morgan fingerprint density at radius 1 is 0.456 bits per heavy atom. The van der Waals surface area contributed by atoms with Crippen LogP contribution in [0.3, 0.4) is 0 Å². The van der Waals surface area contributed by atoms with Crippen LogP contribution in [0.5, 0.6) is 5.75 Å². The second kappa shape index (κ2) is 50.4. The minimum absolute atomic E-state index is 0.000104. The van der Waals surface area contributed by atoms with Crippen molar-refractivity contribution in [3.63, 3.8) is 0 Å². The topological polar surface area (TPSA) is 634 Å². The Morgan fingerprint density at radius 2 is 0.851 bits per heavy atom. The molecule has 0 bridgehead atoms. The number of hydrogen-bond donors (Lipinski definition) is 21. The van der Waals surface area contributed by atoms with E-state index >= 15 is 4.79 Å². The van der Waals surface area contributed by atoms with Gasteiger partial charge in [-0.1, -0.05) is 90.4 Å². The fourth-order valence-electron chi connectivity index (χ4n) is 13.0. The lowest BCUT2D eigenvalue weighted by atomic mass is 9.96. The highest BCUT2D eigenvalue weighted by molar-refractivity contribution is 6.01. The standard InChI is InChI=1S/C76H124N22O16/c1-7-45(6)62-73(113)92-53(25-17-35-85-76(82)83)74(114)98-36-18-26-59(98)72(112)91-50(22-12-14-32-78)66(106)93-54(37-43(2)3)68(108)89-49(21-11-13-31-77)65(105)95-56(40-47-27-29-48(99)30-28-47)63(103)86-42-60(100)87-58(41-61(101)102)71(111)96-57(39-46-19-9-8-10-20-46)70(110)94-55(38-44(4)5)69(109)90-51(23-15-33-79)64(104)88-52(67(107)97-62)24-16-34-84-75(80)81/h8-10,19-20,27-30,43-45,49-59,62,99H,7,11-18,21-26,31-42,77-79H2,1-6H3,(H,86,103)(H,87,100)(H,88,104)(H,89,108)(H,90,109)(H,91,112)(H,92,113)(H,93,106)(H,94,110)(H,95,105)(H,96,111)(H,97,107)(H,101,102)(H4,80,81,84)(H4,82,83,85)/t45-,49-,50-,51-,52-,53-,54-,55-,56-,57-,58+,59-,62-/m0/s1. The van der Waals surface area contributed by atoms with Gasteiger partial charge < -0.3 is 119 Å².